The van der Waals surface area contributed by atoms with E-state index in [1.807, 2.05) is 0 Å². The molecule has 0 spiro atoms. The molecule has 0 aromatic rings. The first-order valence-electron chi connectivity index (χ1n) is 2.16. The highest BCUT2D eigenvalue weighted by Crippen LogP contribution is 1.86. The minimum absolute atomic E-state index is 0.234. The average Bonchev–Trinajstić information content (AvgIpc) is 1.87. The molecule has 0 aliphatic heterocycles. The lowest BCUT2D eigenvalue weighted by atomic mass is 10.5. The lowest BCUT2D eigenvalue weighted by Crippen LogP contribution is -2.32. The summed E-state index contributed by atoms with van der Waals surface area (Å²) in [7, 11) is 0. The summed E-state index contributed by atoms with van der Waals surface area (Å²) in [4.78, 5) is 20.7. The Balaban J connectivity index is 3.80. The molecule has 0 atom stereocenters. The Morgan fingerprint density at radius 1 is 1.60 bits per heavy atom. The van der Waals surface area contributed by atoms with Crippen LogP contribution in [0.4, 0.5) is 4.79 Å². The largest absolute Gasteiger partial charge is 0.423 e. The van der Waals surface area contributed by atoms with E-state index in [9.17, 15) is 9.59 Å². The minimum atomic E-state index is -0.864. The number of carbonyl (C=O) groups is 2. The zero-order chi connectivity index (χ0) is 8.15. The third-order valence-electron chi connectivity index (χ3n) is 0.577. The predicted molar refractivity (Wildman–Crippen MR) is 42.0 cm³/mol. The van der Waals surface area contributed by atoms with Crippen molar-refractivity contribution in [3.8, 4) is 0 Å². The van der Waals surface area contributed by atoms with Gasteiger partial charge in [-0.25, -0.2) is 4.79 Å². The molecule has 6 heteroatoms. The minimum Gasteiger partial charge on any atom is -0.395 e. The first-order valence-corrected chi connectivity index (χ1v) is 3.04. The van der Waals surface area contributed by atoms with Crippen molar-refractivity contribution < 1.29 is 12.7 Å². The topological polar surface area (TPSA) is 81.4 Å². The first kappa shape index (κ1) is 9.21. The molecule has 0 aliphatic rings. The van der Waals surface area contributed by atoms with E-state index >= 15 is 0 Å². The van der Waals surface area contributed by atoms with E-state index in [0.29, 0.717) is 0 Å². The SMILES string of the molecule is C=C(N)C(=O)NC(=O)OI. The summed E-state index contributed by atoms with van der Waals surface area (Å²) in [6, 6.07) is 0. The van der Waals surface area contributed by atoms with Crippen molar-refractivity contribution in [2.45, 2.75) is 0 Å². The second-order valence-corrected chi connectivity index (χ2v) is 1.78. The third kappa shape index (κ3) is 3.28. The van der Waals surface area contributed by atoms with Crippen molar-refractivity contribution in [1.82, 2.24) is 5.32 Å². The molecule has 0 unspecified atom stereocenters. The van der Waals surface area contributed by atoms with E-state index in [1.54, 1.807) is 5.32 Å². The van der Waals surface area contributed by atoms with Gasteiger partial charge >= 0.3 is 6.09 Å². The van der Waals surface area contributed by atoms with E-state index < -0.39 is 12.0 Å². The number of nitrogens with one attached hydrogen (secondary N) is 1. The van der Waals surface area contributed by atoms with Crippen molar-refractivity contribution in [3.63, 3.8) is 0 Å². The van der Waals surface area contributed by atoms with Gasteiger partial charge in [0.1, 0.15) is 0 Å². The van der Waals surface area contributed by atoms with Crippen LogP contribution in [0.5, 0.6) is 0 Å². The van der Waals surface area contributed by atoms with Gasteiger partial charge in [0, 0.05) is 0 Å². The van der Waals surface area contributed by atoms with Gasteiger partial charge in [0.05, 0.1) is 5.70 Å². The number of rotatable bonds is 1. The van der Waals surface area contributed by atoms with Crippen LogP contribution in [0.3, 0.4) is 0 Å². The molecular formula is C4H5IN2O3. The molecule has 10 heavy (non-hydrogen) atoms. The summed E-state index contributed by atoms with van der Waals surface area (Å²) < 4.78 is 4.07. The summed E-state index contributed by atoms with van der Waals surface area (Å²) >= 11 is 1.34. The first-order chi connectivity index (χ1) is 4.57. The monoisotopic (exact) mass is 256 g/mol. The zero-order valence-corrected chi connectivity index (χ0v) is 7.04. The molecule has 0 bridgehead atoms. The quantitative estimate of drug-likeness (QED) is 0.513. The molecule has 0 heterocycles. The zero-order valence-electron chi connectivity index (χ0n) is 4.89. The van der Waals surface area contributed by atoms with Crippen LogP contribution in [0.1, 0.15) is 0 Å². The van der Waals surface area contributed by atoms with Gasteiger partial charge in [-0.15, -0.1) is 0 Å². The molecule has 0 aliphatic carbocycles. The van der Waals surface area contributed by atoms with E-state index in [2.05, 4.69) is 9.65 Å². The van der Waals surface area contributed by atoms with Gasteiger partial charge in [-0.1, -0.05) is 6.58 Å². The summed E-state index contributed by atoms with van der Waals surface area (Å²) in [6.07, 6.45) is -0.864. The van der Waals surface area contributed by atoms with Crippen LogP contribution in [0.2, 0.25) is 0 Å². The van der Waals surface area contributed by atoms with Gasteiger partial charge in [0.15, 0.2) is 23.0 Å². The van der Waals surface area contributed by atoms with E-state index in [4.69, 9.17) is 5.73 Å². The molecule has 5 nitrogen and oxygen atoms in total. The van der Waals surface area contributed by atoms with Crippen LogP contribution in [0, 0.1) is 0 Å². The van der Waals surface area contributed by atoms with Crippen LogP contribution in [0.15, 0.2) is 12.3 Å². The molecule has 3 N–H and O–H groups in total. The lowest BCUT2D eigenvalue weighted by Gasteiger charge is -1.97. The van der Waals surface area contributed by atoms with Crippen LogP contribution in [0.25, 0.3) is 0 Å². The number of amides is 2. The summed E-state index contributed by atoms with van der Waals surface area (Å²) in [5.74, 6) is -0.748. The Bertz CT molecular complexity index is 179. The van der Waals surface area contributed by atoms with Gasteiger partial charge in [0.25, 0.3) is 5.91 Å². The fraction of sp³-hybridized carbons (Fsp3) is 0. The van der Waals surface area contributed by atoms with Gasteiger partial charge in [-0.2, -0.15) is 0 Å². The maximum absolute atomic E-state index is 10.5. The molecule has 0 saturated heterocycles. The summed E-state index contributed by atoms with van der Waals surface area (Å²) in [6.45, 7) is 3.10. The van der Waals surface area contributed by atoms with Crippen LogP contribution >= 0.6 is 23.0 Å². The number of nitrogens with two attached hydrogens (primary N) is 1. The highest BCUT2D eigenvalue weighted by molar-refractivity contribution is 14.1. The molecule has 0 radical (unpaired) electrons. The Hall–Kier alpha value is -0.790. The third-order valence-corrected chi connectivity index (χ3v) is 0.977. The number of imide groups is 1. The highest BCUT2D eigenvalue weighted by atomic mass is 127. The van der Waals surface area contributed by atoms with Crippen molar-refractivity contribution in [1.29, 1.82) is 0 Å². The molecule has 2 amide bonds. The predicted octanol–water partition coefficient (Wildman–Crippen LogP) is 0.0616. The lowest BCUT2D eigenvalue weighted by molar-refractivity contribution is -0.116. The Morgan fingerprint density at radius 2 is 2.10 bits per heavy atom. The van der Waals surface area contributed by atoms with Gasteiger partial charge in [-0.05, 0) is 0 Å². The summed E-state index contributed by atoms with van der Waals surface area (Å²) in [5.41, 5.74) is 4.69. The molecular weight excluding hydrogens is 251 g/mol. The van der Waals surface area contributed by atoms with E-state index in [-0.39, 0.29) is 5.70 Å². The Morgan fingerprint density at radius 3 is 2.40 bits per heavy atom. The van der Waals surface area contributed by atoms with Crippen molar-refractivity contribution in [3.05, 3.63) is 12.3 Å². The summed E-state index contributed by atoms with van der Waals surface area (Å²) in [5, 5.41) is 1.80. The average molecular weight is 256 g/mol. The van der Waals surface area contributed by atoms with Crippen molar-refractivity contribution >= 4 is 35.0 Å². The van der Waals surface area contributed by atoms with Crippen LogP contribution < -0.4 is 11.1 Å². The normalized spacial score (nSPS) is 8.10. The number of hydrogen-bond donors (Lipinski definition) is 2. The second-order valence-electron chi connectivity index (χ2n) is 1.34. The number of carbonyl (C=O) groups excluding carboxylic acids is 2. The van der Waals surface area contributed by atoms with Crippen molar-refractivity contribution in [2.75, 3.05) is 0 Å². The molecule has 0 saturated carbocycles. The van der Waals surface area contributed by atoms with Gasteiger partial charge < -0.3 is 8.80 Å². The molecule has 0 rings (SSSR count). The van der Waals surface area contributed by atoms with Gasteiger partial charge in [0.2, 0.25) is 0 Å². The van der Waals surface area contributed by atoms with E-state index in [0.717, 1.165) is 0 Å². The second kappa shape index (κ2) is 4.09. The molecule has 0 aromatic heterocycles. The maximum atomic E-state index is 10.5. The number of hydrogen-bond acceptors (Lipinski definition) is 4. The number of halogens is 1. The van der Waals surface area contributed by atoms with Crippen LogP contribution in [-0.2, 0) is 7.86 Å². The molecule has 0 fully saturated rings. The van der Waals surface area contributed by atoms with E-state index in [1.165, 1.54) is 23.0 Å². The van der Waals surface area contributed by atoms with Crippen molar-refractivity contribution in [2.24, 2.45) is 5.73 Å². The molecule has 56 valence electrons. The van der Waals surface area contributed by atoms with Crippen LogP contribution in [-0.4, -0.2) is 12.0 Å². The smallest absolute Gasteiger partial charge is 0.395 e. The Kier molecular flexibility index (Phi) is 3.77. The van der Waals surface area contributed by atoms with Gasteiger partial charge in [-0.3, -0.25) is 10.1 Å². The Labute approximate surface area is 71.3 Å². The maximum Gasteiger partial charge on any atom is 0.423 e. The molecule has 0 aromatic carbocycles. The fourth-order valence-electron chi connectivity index (χ4n) is 0.192. The highest BCUT2D eigenvalue weighted by Gasteiger charge is 2.07. The standard InChI is InChI=1S/C4H5IN2O3/c1-2(6)3(8)7-4(9)10-5/h1,6H2,(H,7,8,9). The fourth-order valence-corrected chi connectivity index (χ4v) is 0.302.